The van der Waals surface area contributed by atoms with Crippen LogP contribution in [0.5, 0.6) is 5.75 Å². The molecule has 1 aromatic carbocycles. The van der Waals surface area contributed by atoms with Gasteiger partial charge in [0.15, 0.2) is 0 Å². The van der Waals surface area contributed by atoms with Gasteiger partial charge >= 0.3 is 0 Å². The minimum atomic E-state index is 0.336. The lowest BCUT2D eigenvalue weighted by Crippen LogP contribution is -2.34. The number of benzene rings is 1. The van der Waals surface area contributed by atoms with Gasteiger partial charge in [0.2, 0.25) is 0 Å². The summed E-state index contributed by atoms with van der Waals surface area (Å²) < 4.78 is 0. The topological polar surface area (TPSA) is 49.5 Å². The van der Waals surface area contributed by atoms with E-state index < -0.39 is 0 Å². The van der Waals surface area contributed by atoms with Crippen LogP contribution in [-0.4, -0.2) is 24.7 Å². The van der Waals surface area contributed by atoms with Gasteiger partial charge in [-0.3, -0.25) is 0 Å². The normalized spacial score (nSPS) is 20.5. The summed E-state index contributed by atoms with van der Waals surface area (Å²) >= 11 is 0. The molecular formula is C10H14N2O. The van der Waals surface area contributed by atoms with Crippen LogP contribution in [0, 0.1) is 0 Å². The fraction of sp³-hybridized carbons (Fsp3) is 0.400. The van der Waals surface area contributed by atoms with Gasteiger partial charge in [0.25, 0.3) is 0 Å². The maximum atomic E-state index is 9.59. The Kier molecular flexibility index (Phi) is 1.88. The molecule has 1 unspecified atom stereocenters. The van der Waals surface area contributed by atoms with Gasteiger partial charge in [-0.05, 0) is 18.6 Å². The first-order chi connectivity index (χ1) is 6.24. The van der Waals surface area contributed by atoms with E-state index in [0.717, 1.165) is 17.7 Å². The van der Waals surface area contributed by atoms with E-state index >= 15 is 0 Å². The molecule has 70 valence electrons. The van der Waals surface area contributed by atoms with E-state index in [1.165, 1.54) is 0 Å². The number of phenols is 1. The molecule has 3 heteroatoms. The van der Waals surface area contributed by atoms with Crippen molar-refractivity contribution in [2.45, 2.75) is 12.5 Å². The predicted octanol–water partition coefficient (Wildman–Crippen LogP) is 0.712. The van der Waals surface area contributed by atoms with E-state index in [1.807, 2.05) is 19.2 Å². The second kappa shape index (κ2) is 2.92. The Morgan fingerprint density at radius 3 is 3.00 bits per heavy atom. The summed E-state index contributed by atoms with van der Waals surface area (Å²) in [6, 6.07) is 5.95. The average Bonchev–Trinajstić information content (AvgIpc) is 2.45. The van der Waals surface area contributed by atoms with Crippen LogP contribution in [0.4, 0.5) is 5.69 Å². The van der Waals surface area contributed by atoms with E-state index in [0.29, 0.717) is 18.3 Å². The van der Waals surface area contributed by atoms with Crippen molar-refractivity contribution < 1.29 is 5.11 Å². The number of rotatable bonds is 1. The lowest BCUT2D eigenvalue weighted by atomic mass is 10.1. The molecule has 0 aromatic heterocycles. The Labute approximate surface area is 77.8 Å². The molecule has 0 saturated heterocycles. The maximum Gasteiger partial charge on any atom is 0.120 e. The van der Waals surface area contributed by atoms with Gasteiger partial charge in [-0.25, -0.2) is 0 Å². The number of aromatic hydroxyl groups is 1. The van der Waals surface area contributed by atoms with Gasteiger partial charge in [0.1, 0.15) is 5.75 Å². The van der Waals surface area contributed by atoms with Gasteiger partial charge in [-0.2, -0.15) is 0 Å². The highest BCUT2D eigenvalue weighted by Crippen LogP contribution is 2.35. The summed E-state index contributed by atoms with van der Waals surface area (Å²) in [6.07, 6.45) is 0.856. The monoisotopic (exact) mass is 178 g/mol. The van der Waals surface area contributed by atoms with Crippen molar-refractivity contribution in [3.8, 4) is 5.75 Å². The molecule has 1 aliphatic rings. The Morgan fingerprint density at radius 2 is 2.38 bits per heavy atom. The van der Waals surface area contributed by atoms with E-state index in [4.69, 9.17) is 5.73 Å². The minimum Gasteiger partial charge on any atom is -0.508 e. The largest absolute Gasteiger partial charge is 0.508 e. The summed E-state index contributed by atoms with van der Waals surface area (Å²) in [5.41, 5.74) is 7.77. The molecule has 1 heterocycles. The Balaban J connectivity index is 2.43. The van der Waals surface area contributed by atoms with Crippen LogP contribution in [-0.2, 0) is 6.42 Å². The maximum absolute atomic E-state index is 9.59. The van der Waals surface area contributed by atoms with Crippen LogP contribution >= 0.6 is 0 Å². The lowest BCUT2D eigenvalue weighted by Gasteiger charge is -2.20. The van der Waals surface area contributed by atoms with E-state index in [-0.39, 0.29) is 0 Å². The van der Waals surface area contributed by atoms with Gasteiger partial charge in [0, 0.05) is 30.9 Å². The van der Waals surface area contributed by atoms with Crippen molar-refractivity contribution in [2.75, 3.05) is 18.5 Å². The highest BCUT2D eigenvalue weighted by Gasteiger charge is 2.26. The molecule has 0 saturated carbocycles. The zero-order valence-electron chi connectivity index (χ0n) is 7.70. The molecule has 1 aromatic rings. The van der Waals surface area contributed by atoms with Gasteiger partial charge < -0.3 is 15.7 Å². The van der Waals surface area contributed by atoms with Crippen molar-refractivity contribution >= 4 is 5.69 Å². The minimum absolute atomic E-state index is 0.336. The number of hydrogen-bond donors (Lipinski definition) is 2. The number of nitrogens with two attached hydrogens (primary N) is 1. The molecule has 0 fully saturated rings. The van der Waals surface area contributed by atoms with Crippen molar-refractivity contribution in [3.63, 3.8) is 0 Å². The van der Waals surface area contributed by atoms with Crippen LogP contribution in [0.15, 0.2) is 18.2 Å². The molecule has 0 aliphatic carbocycles. The first-order valence-corrected chi connectivity index (χ1v) is 4.47. The fourth-order valence-electron chi connectivity index (χ4n) is 1.91. The molecule has 2 rings (SSSR count). The average molecular weight is 178 g/mol. The SMILES string of the molecule is CN1c2cccc(O)c2CC1CN. The second-order valence-electron chi connectivity index (χ2n) is 3.48. The zero-order valence-corrected chi connectivity index (χ0v) is 7.70. The molecule has 0 radical (unpaired) electrons. The van der Waals surface area contributed by atoms with Gasteiger partial charge in [0.05, 0.1) is 0 Å². The third-order valence-corrected chi connectivity index (χ3v) is 2.77. The number of nitrogens with zero attached hydrogens (tertiary/aromatic N) is 1. The Hall–Kier alpha value is -1.22. The van der Waals surface area contributed by atoms with Crippen LogP contribution in [0.2, 0.25) is 0 Å². The third-order valence-electron chi connectivity index (χ3n) is 2.77. The standard InChI is InChI=1S/C10H14N2O/c1-12-7(6-11)5-8-9(12)3-2-4-10(8)13/h2-4,7,13H,5-6,11H2,1H3. The van der Waals surface area contributed by atoms with Crippen LogP contribution in [0.3, 0.4) is 0 Å². The number of anilines is 1. The Bertz CT molecular complexity index is 325. The summed E-state index contributed by atoms with van der Waals surface area (Å²) in [5.74, 6) is 0.389. The summed E-state index contributed by atoms with van der Waals surface area (Å²) in [7, 11) is 2.02. The van der Waals surface area contributed by atoms with Crippen molar-refractivity contribution in [2.24, 2.45) is 5.73 Å². The first-order valence-electron chi connectivity index (χ1n) is 4.47. The highest BCUT2D eigenvalue weighted by molar-refractivity contribution is 5.63. The molecule has 13 heavy (non-hydrogen) atoms. The van der Waals surface area contributed by atoms with E-state index in [1.54, 1.807) is 6.07 Å². The molecule has 0 bridgehead atoms. The molecule has 3 nitrogen and oxygen atoms in total. The fourth-order valence-corrected chi connectivity index (χ4v) is 1.91. The molecule has 3 N–H and O–H groups in total. The number of hydrogen-bond acceptors (Lipinski definition) is 3. The summed E-state index contributed by atoms with van der Waals surface area (Å²) in [6.45, 7) is 0.630. The summed E-state index contributed by atoms with van der Waals surface area (Å²) in [5, 5.41) is 9.59. The lowest BCUT2D eigenvalue weighted by molar-refractivity contribution is 0.468. The highest BCUT2D eigenvalue weighted by atomic mass is 16.3. The predicted molar refractivity (Wildman–Crippen MR) is 53.1 cm³/mol. The van der Waals surface area contributed by atoms with Gasteiger partial charge in [-0.1, -0.05) is 6.07 Å². The van der Waals surface area contributed by atoms with Crippen LogP contribution < -0.4 is 10.6 Å². The molecular weight excluding hydrogens is 164 g/mol. The first kappa shape index (κ1) is 8.38. The van der Waals surface area contributed by atoms with Crippen molar-refractivity contribution in [3.05, 3.63) is 23.8 Å². The number of fused-ring (bicyclic) bond motifs is 1. The van der Waals surface area contributed by atoms with Crippen LogP contribution in [0.25, 0.3) is 0 Å². The van der Waals surface area contributed by atoms with Gasteiger partial charge in [-0.15, -0.1) is 0 Å². The Morgan fingerprint density at radius 1 is 1.62 bits per heavy atom. The van der Waals surface area contributed by atoms with Crippen molar-refractivity contribution in [1.29, 1.82) is 0 Å². The molecule has 0 amide bonds. The third kappa shape index (κ3) is 1.16. The quantitative estimate of drug-likeness (QED) is 0.666. The van der Waals surface area contributed by atoms with Crippen molar-refractivity contribution in [1.82, 2.24) is 0 Å². The summed E-state index contributed by atoms with van der Waals surface area (Å²) in [4.78, 5) is 2.13. The number of likely N-dealkylation sites (N-methyl/N-ethyl adjacent to an activating group) is 1. The van der Waals surface area contributed by atoms with E-state index in [9.17, 15) is 5.11 Å². The molecule has 0 spiro atoms. The zero-order chi connectivity index (χ0) is 9.42. The molecule has 1 aliphatic heterocycles. The molecule has 1 atom stereocenters. The number of phenolic OH excluding ortho intramolecular Hbond substituents is 1. The van der Waals surface area contributed by atoms with Crippen LogP contribution in [0.1, 0.15) is 5.56 Å². The van der Waals surface area contributed by atoms with E-state index in [2.05, 4.69) is 4.90 Å². The second-order valence-corrected chi connectivity index (χ2v) is 3.48. The smallest absolute Gasteiger partial charge is 0.120 e.